The molecule has 2 aromatic rings. The number of hydrogen-bond donors (Lipinski definition) is 1. The summed E-state index contributed by atoms with van der Waals surface area (Å²) in [7, 11) is -1.05. The summed E-state index contributed by atoms with van der Waals surface area (Å²) in [4.78, 5) is 27.4. The van der Waals surface area contributed by atoms with Gasteiger partial charge in [0.2, 0.25) is 11.8 Å². The Bertz CT molecular complexity index is 874. The van der Waals surface area contributed by atoms with Crippen molar-refractivity contribution in [2.75, 3.05) is 12.3 Å². The standard InChI is InChI=1S/C23H27ClN2O3S/c24-19-10-8-18(9-11-19)17-25-22(27)12-13-23(28)26-15-4-5-20(26)14-16-30(29)21-6-2-1-3-7-21/h1-3,6-11,20H,4-5,12-17H2,(H,25,27)/t20-,30?/m0/s1. The summed E-state index contributed by atoms with van der Waals surface area (Å²) in [6.07, 6.45) is 2.98. The van der Waals surface area contributed by atoms with Crippen LogP contribution < -0.4 is 5.32 Å². The van der Waals surface area contributed by atoms with E-state index in [-0.39, 0.29) is 30.7 Å². The molecule has 1 aliphatic rings. The summed E-state index contributed by atoms with van der Waals surface area (Å²) in [5.74, 6) is 0.406. The second-order valence-corrected chi connectivity index (χ2v) is 9.44. The maximum Gasteiger partial charge on any atom is 0.223 e. The Kier molecular flexibility index (Phi) is 8.46. The third-order valence-corrected chi connectivity index (χ3v) is 6.97. The molecule has 5 nitrogen and oxygen atoms in total. The van der Waals surface area contributed by atoms with Gasteiger partial charge in [-0.25, -0.2) is 0 Å². The van der Waals surface area contributed by atoms with Gasteiger partial charge in [0.05, 0.1) is 10.8 Å². The van der Waals surface area contributed by atoms with Crippen LogP contribution in [-0.4, -0.2) is 39.3 Å². The largest absolute Gasteiger partial charge is 0.352 e. The Morgan fingerprint density at radius 1 is 1.07 bits per heavy atom. The zero-order chi connectivity index (χ0) is 21.3. The van der Waals surface area contributed by atoms with Gasteiger partial charge in [-0.2, -0.15) is 0 Å². The van der Waals surface area contributed by atoms with Crippen molar-refractivity contribution in [2.24, 2.45) is 0 Å². The second kappa shape index (κ2) is 11.3. The molecule has 1 fully saturated rings. The smallest absolute Gasteiger partial charge is 0.223 e. The zero-order valence-electron chi connectivity index (χ0n) is 16.9. The predicted molar refractivity (Wildman–Crippen MR) is 120 cm³/mol. The lowest BCUT2D eigenvalue weighted by Crippen LogP contribution is -2.37. The molecular weight excluding hydrogens is 420 g/mol. The van der Waals surface area contributed by atoms with E-state index in [4.69, 9.17) is 11.6 Å². The summed E-state index contributed by atoms with van der Waals surface area (Å²) >= 11 is 5.86. The number of amides is 2. The third kappa shape index (κ3) is 6.67. The molecular formula is C23H27ClN2O3S. The first-order chi connectivity index (χ1) is 14.5. The number of likely N-dealkylation sites (tertiary alicyclic amines) is 1. The van der Waals surface area contributed by atoms with Crippen molar-refractivity contribution < 1.29 is 13.8 Å². The molecule has 3 rings (SSSR count). The van der Waals surface area contributed by atoms with Crippen LogP contribution >= 0.6 is 11.6 Å². The summed E-state index contributed by atoms with van der Waals surface area (Å²) in [6.45, 7) is 1.13. The number of carbonyl (C=O) groups excluding carboxylic acids is 2. The Labute approximate surface area is 185 Å². The molecule has 1 aliphatic heterocycles. The van der Waals surface area contributed by atoms with E-state index in [0.29, 0.717) is 23.9 Å². The highest BCUT2D eigenvalue weighted by Crippen LogP contribution is 2.22. The average Bonchev–Trinajstić information content (AvgIpc) is 3.25. The fourth-order valence-electron chi connectivity index (χ4n) is 3.65. The number of hydrogen-bond acceptors (Lipinski definition) is 3. The molecule has 0 aromatic heterocycles. The van der Waals surface area contributed by atoms with Gasteiger partial charge in [-0.3, -0.25) is 13.8 Å². The molecule has 2 aromatic carbocycles. The predicted octanol–water partition coefficient (Wildman–Crippen LogP) is 3.93. The van der Waals surface area contributed by atoms with Crippen LogP contribution in [0.2, 0.25) is 5.02 Å². The molecule has 2 atom stereocenters. The molecule has 1 unspecified atom stereocenters. The fourth-order valence-corrected chi connectivity index (χ4v) is 4.96. The fraction of sp³-hybridized carbons (Fsp3) is 0.391. The number of carbonyl (C=O) groups is 2. The minimum absolute atomic E-state index is 0.00429. The van der Waals surface area contributed by atoms with E-state index < -0.39 is 10.8 Å². The van der Waals surface area contributed by atoms with Crippen molar-refractivity contribution in [3.8, 4) is 0 Å². The topological polar surface area (TPSA) is 66.5 Å². The lowest BCUT2D eigenvalue weighted by molar-refractivity contribution is -0.134. The first-order valence-electron chi connectivity index (χ1n) is 10.3. The van der Waals surface area contributed by atoms with E-state index >= 15 is 0 Å². The third-order valence-electron chi connectivity index (χ3n) is 5.31. The Hall–Kier alpha value is -2.18. The minimum atomic E-state index is -1.05. The van der Waals surface area contributed by atoms with Gasteiger partial charge in [0.15, 0.2) is 0 Å². The summed E-state index contributed by atoms with van der Waals surface area (Å²) in [5.41, 5.74) is 0.963. The highest BCUT2D eigenvalue weighted by molar-refractivity contribution is 7.85. The molecule has 2 amide bonds. The van der Waals surface area contributed by atoms with E-state index in [0.717, 1.165) is 29.7 Å². The van der Waals surface area contributed by atoms with Crippen molar-refractivity contribution in [1.82, 2.24) is 10.2 Å². The van der Waals surface area contributed by atoms with Crippen LogP contribution in [0, 0.1) is 0 Å². The second-order valence-electron chi connectivity index (χ2n) is 7.44. The molecule has 1 heterocycles. The first kappa shape index (κ1) is 22.5. The van der Waals surface area contributed by atoms with Gasteiger partial charge in [0.25, 0.3) is 0 Å². The highest BCUT2D eigenvalue weighted by atomic mass is 35.5. The molecule has 0 radical (unpaired) electrons. The van der Waals surface area contributed by atoms with Gasteiger partial charge in [-0.1, -0.05) is 41.9 Å². The molecule has 160 valence electrons. The lowest BCUT2D eigenvalue weighted by atomic mass is 10.1. The highest BCUT2D eigenvalue weighted by Gasteiger charge is 2.28. The van der Waals surface area contributed by atoms with Crippen LogP contribution in [0.1, 0.15) is 37.7 Å². The summed E-state index contributed by atoms with van der Waals surface area (Å²) in [6, 6.07) is 16.8. The number of benzene rings is 2. The Morgan fingerprint density at radius 2 is 1.80 bits per heavy atom. The molecule has 0 saturated carbocycles. The van der Waals surface area contributed by atoms with Crippen LogP contribution in [0.5, 0.6) is 0 Å². The average molecular weight is 447 g/mol. The summed E-state index contributed by atoms with van der Waals surface area (Å²) in [5, 5.41) is 3.50. The van der Waals surface area contributed by atoms with E-state index in [1.54, 1.807) is 12.1 Å². The minimum Gasteiger partial charge on any atom is -0.352 e. The quantitative estimate of drug-likeness (QED) is 0.634. The van der Waals surface area contributed by atoms with Crippen molar-refractivity contribution >= 4 is 34.2 Å². The van der Waals surface area contributed by atoms with Crippen LogP contribution in [0.4, 0.5) is 0 Å². The molecule has 0 bridgehead atoms. The van der Waals surface area contributed by atoms with Crippen molar-refractivity contribution in [1.29, 1.82) is 0 Å². The number of halogens is 1. The van der Waals surface area contributed by atoms with Gasteiger partial charge in [-0.15, -0.1) is 0 Å². The van der Waals surface area contributed by atoms with E-state index in [2.05, 4.69) is 5.32 Å². The van der Waals surface area contributed by atoms with Crippen molar-refractivity contribution in [3.63, 3.8) is 0 Å². The molecule has 1 saturated heterocycles. The SMILES string of the molecule is O=C(CCC(=O)N1CCC[C@H]1CCS(=O)c1ccccc1)NCc1ccc(Cl)cc1. The Morgan fingerprint density at radius 3 is 2.53 bits per heavy atom. The molecule has 0 aliphatic carbocycles. The van der Waals surface area contributed by atoms with E-state index in [9.17, 15) is 13.8 Å². The van der Waals surface area contributed by atoms with Crippen LogP contribution in [0.15, 0.2) is 59.5 Å². The van der Waals surface area contributed by atoms with Crippen molar-refractivity contribution in [3.05, 3.63) is 65.2 Å². The van der Waals surface area contributed by atoms with Gasteiger partial charge < -0.3 is 10.2 Å². The lowest BCUT2D eigenvalue weighted by Gasteiger charge is -2.24. The monoisotopic (exact) mass is 446 g/mol. The van der Waals surface area contributed by atoms with Gasteiger partial charge in [0.1, 0.15) is 0 Å². The van der Waals surface area contributed by atoms with Crippen molar-refractivity contribution in [2.45, 2.75) is 49.6 Å². The van der Waals surface area contributed by atoms with Gasteiger partial charge in [-0.05, 0) is 49.1 Å². The van der Waals surface area contributed by atoms with E-state index in [1.165, 1.54) is 0 Å². The molecule has 7 heteroatoms. The van der Waals surface area contributed by atoms with Crippen LogP contribution in [0.25, 0.3) is 0 Å². The number of nitrogens with zero attached hydrogens (tertiary/aromatic N) is 1. The molecule has 30 heavy (non-hydrogen) atoms. The maximum absolute atomic E-state index is 12.6. The van der Waals surface area contributed by atoms with Crippen LogP contribution in [0.3, 0.4) is 0 Å². The maximum atomic E-state index is 12.6. The van der Waals surface area contributed by atoms with E-state index in [1.807, 2.05) is 47.4 Å². The zero-order valence-corrected chi connectivity index (χ0v) is 18.5. The summed E-state index contributed by atoms with van der Waals surface area (Å²) < 4.78 is 12.4. The van der Waals surface area contributed by atoms with Gasteiger partial charge in [0, 0.05) is 47.6 Å². The van der Waals surface area contributed by atoms with Crippen LogP contribution in [-0.2, 0) is 26.9 Å². The number of nitrogens with one attached hydrogen (secondary N) is 1. The normalized spacial score (nSPS) is 17.0. The van der Waals surface area contributed by atoms with Gasteiger partial charge >= 0.3 is 0 Å². The molecule has 0 spiro atoms. The molecule has 1 N–H and O–H groups in total. The number of rotatable bonds is 9. The Balaban J connectivity index is 1.40. The first-order valence-corrected chi connectivity index (χ1v) is 12.0.